The van der Waals surface area contributed by atoms with Crippen molar-refractivity contribution in [3.8, 4) is 0 Å². The van der Waals surface area contributed by atoms with Crippen LogP contribution in [0, 0.1) is 5.92 Å². The van der Waals surface area contributed by atoms with Gasteiger partial charge in [-0.1, -0.05) is 18.5 Å². The van der Waals surface area contributed by atoms with Crippen LogP contribution in [-0.2, 0) is 0 Å². The van der Waals surface area contributed by atoms with Gasteiger partial charge in [0.25, 0.3) is 5.91 Å². The summed E-state index contributed by atoms with van der Waals surface area (Å²) in [5.74, 6) is 0.978. The van der Waals surface area contributed by atoms with E-state index in [2.05, 4.69) is 22.9 Å². The number of rotatable bonds is 2. The number of carbonyl (C=O) groups is 1. The number of halogens is 3. The first-order chi connectivity index (χ1) is 8.54. The lowest BCUT2D eigenvalue weighted by atomic mass is 10.0. The van der Waals surface area contributed by atoms with Gasteiger partial charge in [0.15, 0.2) is 0 Å². The normalized spacial score (nSPS) is 23.4. The number of likely N-dealkylation sites (tertiary alicyclic amines) is 1. The maximum atomic E-state index is 12.4. The third-order valence-electron chi connectivity index (χ3n) is 3.47. The Morgan fingerprint density at radius 3 is 2.89 bits per heavy atom. The molecule has 2 nitrogen and oxygen atoms in total. The lowest BCUT2D eigenvalue weighted by Gasteiger charge is -2.25. The fraction of sp³-hybridized carbons (Fsp3) is 0.462. The average Bonchev–Trinajstić information content (AvgIpc) is 2.73. The van der Waals surface area contributed by atoms with Gasteiger partial charge >= 0.3 is 0 Å². The molecule has 98 valence electrons. The van der Waals surface area contributed by atoms with Crippen molar-refractivity contribution in [3.05, 3.63) is 33.3 Å². The smallest absolute Gasteiger partial charge is 0.254 e. The second kappa shape index (κ2) is 5.81. The fourth-order valence-corrected chi connectivity index (χ4v) is 3.26. The Morgan fingerprint density at radius 1 is 1.56 bits per heavy atom. The number of alkyl halides is 1. The standard InChI is InChI=1S/C13H14BrCl2NO/c1-8-4-5-17(12(8)7-15)13(18)9-2-3-11(16)10(14)6-9/h2-3,6,8,12H,4-5,7H2,1H3. The molecule has 1 heterocycles. The summed E-state index contributed by atoms with van der Waals surface area (Å²) in [6.07, 6.45) is 1.01. The van der Waals surface area contributed by atoms with Crippen molar-refractivity contribution >= 4 is 45.0 Å². The average molecular weight is 351 g/mol. The summed E-state index contributed by atoms with van der Waals surface area (Å²) >= 11 is 15.2. The van der Waals surface area contributed by atoms with E-state index in [0.29, 0.717) is 22.4 Å². The van der Waals surface area contributed by atoms with E-state index in [0.717, 1.165) is 17.4 Å². The van der Waals surface area contributed by atoms with Crippen LogP contribution in [0.5, 0.6) is 0 Å². The number of carbonyl (C=O) groups excluding carboxylic acids is 1. The maximum absolute atomic E-state index is 12.4. The Bertz CT molecular complexity index is 466. The second-order valence-electron chi connectivity index (χ2n) is 4.62. The first-order valence-electron chi connectivity index (χ1n) is 5.86. The van der Waals surface area contributed by atoms with E-state index in [1.54, 1.807) is 18.2 Å². The summed E-state index contributed by atoms with van der Waals surface area (Å²) in [6.45, 7) is 2.91. The Balaban J connectivity index is 2.23. The van der Waals surface area contributed by atoms with E-state index in [4.69, 9.17) is 23.2 Å². The molecule has 0 bridgehead atoms. The van der Waals surface area contributed by atoms with Gasteiger partial charge in [-0.3, -0.25) is 4.79 Å². The molecule has 1 aliphatic heterocycles. The number of amides is 1. The van der Waals surface area contributed by atoms with Gasteiger partial charge < -0.3 is 4.90 Å². The lowest BCUT2D eigenvalue weighted by Crippen LogP contribution is -2.38. The number of benzene rings is 1. The van der Waals surface area contributed by atoms with Gasteiger partial charge in [0.1, 0.15) is 0 Å². The third kappa shape index (κ3) is 2.68. The third-order valence-corrected chi connectivity index (χ3v) is 5.00. The van der Waals surface area contributed by atoms with Crippen molar-refractivity contribution in [3.63, 3.8) is 0 Å². The molecule has 1 aliphatic rings. The van der Waals surface area contributed by atoms with Crippen molar-refractivity contribution in [1.29, 1.82) is 0 Å². The molecule has 0 spiro atoms. The Morgan fingerprint density at radius 2 is 2.28 bits per heavy atom. The van der Waals surface area contributed by atoms with Crippen LogP contribution in [0.25, 0.3) is 0 Å². The molecule has 1 aromatic carbocycles. The van der Waals surface area contributed by atoms with Crippen molar-refractivity contribution in [2.45, 2.75) is 19.4 Å². The highest BCUT2D eigenvalue weighted by molar-refractivity contribution is 9.10. The summed E-state index contributed by atoms with van der Waals surface area (Å²) in [7, 11) is 0. The van der Waals surface area contributed by atoms with Gasteiger partial charge in [-0.25, -0.2) is 0 Å². The predicted octanol–water partition coefficient (Wildman–Crippen LogP) is 4.19. The molecule has 0 saturated carbocycles. The predicted molar refractivity (Wildman–Crippen MR) is 78.5 cm³/mol. The molecule has 0 radical (unpaired) electrons. The summed E-state index contributed by atoms with van der Waals surface area (Å²) in [5.41, 5.74) is 0.649. The highest BCUT2D eigenvalue weighted by atomic mass is 79.9. The molecule has 0 aromatic heterocycles. The van der Waals surface area contributed by atoms with E-state index in [1.807, 2.05) is 4.90 Å². The Kier molecular flexibility index (Phi) is 4.57. The summed E-state index contributed by atoms with van der Waals surface area (Å²) in [4.78, 5) is 14.3. The van der Waals surface area contributed by atoms with Crippen LogP contribution < -0.4 is 0 Å². The van der Waals surface area contributed by atoms with Gasteiger partial charge in [0.05, 0.1) is 5.02 Å². The number of nitrogens with zero attached hydrogens (tertiary/aromatic N) is 1. The molecule has 1 aromatic rings. The molecule has 2 atom stereocenters. The molecule has 2 unspecified atom stereocenters. The van der Waals surface area contributed by atoms with Crippen LogP contribution >= 0.6 is 39.1 Å². The number of hydrogen-bond acceptors (Lipinski definition) is 1. The Hall–Kier alpha value is -0.250. The first-order valence-corrected chi connectivity index (χ1v) is 7.57. The van der Waals surface area contributed by atoms with Gasteiger partial charge in [-0.2, -0.15) is 0 Å². The van der Waals surface area contributed by atoms with Crippen molar-refractivity contribution in [2.24, 2.45) is 5.92 Å². The largest absolute Gasteiger partial charge is 0.334 e. The SMILES string of the molecule is CC1CCN(C(=O)c2ccc(Cl)c(Br)c2)C1CCl. The number of hydrogen-bond donors (Lipinski definition) is 0. The van der Waals surface area contributed by atoms with E-state index in [1.165, 1.54) is 0 Å². The molecule has 1 amide bonds. The quantitative estimate of drug-likeness (QED) is 0.732. The highest BCUT2D eigenvalue weighted by Gasteiger charge is 2.34. The Labute approximate surface area is 125 Å². The van der Waals surface area contributed by atoms with Crippen LogP contribution in [0.3, 0.4) is 0 Å². The first kappa shape index (κ1) is 14.2. The molecule has 5 heteroatoms. The maximum Gasteiger partial charge on any atom is 0.254 e. The molecular formula is C13H14BrCl2NO. The molecule has 0 N–H and O–H groups in total. The fourth-order valence-electron chi connectivity index (χ4n) is 2.29. The van der Waals surface area contributed by atoms with E-state index in [9.17, 15) is 4.79 Å². The molecular weight excluding hydrogens is 337 g/mol. The van der Waals surface area contributed by atoms with Gasteiger partial charge in [0, 0.05) is 28.5 Å². The van der Waals surface area contributed by atoms with Crippen LogP contribution in [0.1, 0.15) is 23.7 Å². The molecule has 2 rings (SSSR count). The van der Waals surface area contributed by atoms with E-state index >= 15 is 0 Å². The monoisotopic (exact) mass is 349 g/mol. The zero-order valence-electron chi connectivity index (χ0n) is 10.00. The topological polar surface area (TPSA) is 20.3 Å². The van der Waals surface area contributed by atoms with Gasteiger partial charge in [-0.05, 0) is 46.5 Å². The van der Waals surface area contributed by atoms with Crippen molar-refractivity contribution < 1.29 is 4.79 Å². The molecule has 1 saturated heterocycles. The molecule has 1 fully saturated rings. The minimum atomic E-state index is 0.0300. The van der Waals surface area contributed by atoms with Gasteiger partial charge in [-0.15, -0.1) is 11.6 Å². The van der Waals surface area contributed by atoms with Crippen LogP contribution in [0.4, 0.5) is 0 Å². The molecule has 0 aliphatic carbocycles. The summed E-state index contributed by atoms with van der Waals surface area (Å²) in [6, 6.07) is 5.38. The van der Waals surface area contributed by atoms with Crippen LogP contribution in [0.15, 0.2) is 22.7 Å². The minimum Gasteiger partial charge on any atom is -0.334 e. The van der Waals surface area contributed by atoms with Crippen LogP contribution in [-0.4, -0.2) is 29.3 Å². The molecule has 18 heavy (non-hydrogen) atoms. The second-order valence-corrected chi connectivity index (χ2v) is 6.19. The zero-order chi connectivity index (χ0) is 13.3. The van der Waals surface area contributed by atoms with Crippen LogP contribution in [0.2, 0.25) is 5.02 Å². The highest BCUT2D eigenvalue weighted by Crippen LogP contribution is 2.28. The summed E-state index contributed by atoms with van der Waals surface area (Å²) < 4.78 is 0.740. The van der Waals surface area contributed by atoms with Crippen molar-refractivity contribution in [2.75, 3.05) is 12.4 Å². The summed E-state index contributed by atoms with van der Waals surface area (Å²) in [5, 5.41) is 0.607. The minimum absolute atomic E-state index is 0.0300. The van der Waals surface area contributed by atoms with Gasteiger partial charge in [0.2, 0.25) is 0 Å². The van der Waals surface area contributed by atoms with E-state index < -0.39 is 0 Å². The van der Waals surface area contributed by atoms with Crippen molar-refractivity contribution in [1.82, 2.24) is 4.90 Å². The lowest BCUT2D eigenvalue weighted by molar-refractivity contribution is 0.0737. The zero-order valence-corrected chi connectivity index (χ0v) is 13.1. The van der Waals surface area contributed by atoms with E-state index in [-0.39, 0.29) is 11.9 Å².